The molecule has 7 nitrogen and oxygen atoms in total. The average molecular weight is 415 g/mol. The Morgan fingerprint density at radius 1 is 1.13 bits per heavy atom. The first-order valence-electron chi connectivity index (χ1n) is 10.7. The van der Waals surface area contributed by atoms with E-state index in [1.54, 1.807) is 4.90 Å². The van der Waals surface area contributed by atoms with Crippen molar-refractivity contribution in [3.8, 4) is 11.1 Å². The van der Waals surface area contributed by atoms with E-state index in [0.717, 1.165) is 45.7 Å². The number of carbonyl (C=O) groups excluding carboxylic acids is 2. The summed E-state index contributed by atoms with van der Waals surface area (Å²) in [6.45, 7) is 5.42. The standard InChI is InChI=1S/C24H25N5O2/c1-3-4-20-19(11-12-21-23(20)25-26-29(21)14-17-5-6-17)18-9-7-16(8-10-18)13-28-15-22(30)27(2)24(28)31/h3,7-12,17H,1,4-6,13-15H2,2H3. The van der Waals surface area contributed by atoms with Crippen LogP contribution in [0.3, 0.4) is 0 Å². The molecule has 2 fully saturated rings. The van der Waals surface area contributed by atoms with Crippen LogP contribution in [0.4, 0.5) is 4.79 Å². The van der Waals surface area contributed by atoms with Crippen LogP contribution in [0, 0.1) is 5.92 Å². The third kappa shape index (κ3) is 3.60. The maximum Gasteiger partial charge on any atom is 0.327 e. The number of hydrogen-bond donors (Lipinski definition) is 0. The number of benzene rings is 2. The van der Waals surface area contributed by atoms with Gasteiger partial charge in [-0.05, 0) is 53.5 Å². The number of likely N-dealkylation sites (N-methyl/N-ethyl adjacent to an activating group) is 1. The Labute approximate surface area is 180 Å². The van der Waals surface area contributed by atoms with Gasteiger partial charge in [0.2, 0.25) is 5.91 Å². The van der Waals surface area contributed by atoms with Crippen LogP contribution >= 0.6 is 0 Å². The molecule has 3 amide bonds. The fraction of sp³-hybridized carbons (Fsp3) is 0.333. The number of imide groups is 1. The van der Waals surface area contributed by atoms with Crippen LogP contribution in [0.15, 0.2) is 49.1 Å². The zero-order valence-corrected chi connectivity index (χ0v) is 17.6. The number of rotatable bonds is 7. The van der Waals surface area contributed by atoms with Gasteiger partial charge in [-0.1, -0.05) is 41.6 Å². The fourth-order valence-corrected chi connectivity index (χ4v) is 4.18. The van der Waals surface area contributed by atoms with Crippen molar-refractivity contribution in [2.45, 2.75) is 32.4 Å². The monoisotopic (exact) mass is 415 g/mol. The maximum atomic E-state index is 12.1. The highest BCUT2D eigenvalue weighted by Gasteiger charge is 2.32. The summed E-state index contributed by atoms with van der Waals surface area (Å²) in [6.07, 6.45) is 5.17. The van der Waals surface area contributed by atoms with Crippen molar-refractivity contribution in [3.63, 3.8) is 0 Å². The lowest BCUT2D eigenvalue weighted by molar-refractivity contribution is -0.124. The van der Waals surface area contributed by atoms with Gasteiger partial charge in [0.05, 0.1) is 5.52 Å². The van der Waals surface area contributed by atoms with E-state index in [1.807, 2.05) is 22.9 Å². The number of allylic oxidation sites excluding steroid dienone is 1. The Morgan fingerprint density at radius 3 is 2.55 bits per heavy atom. The molecule has 0 N–H and O–H groups in total. The number of hydrogen-bond acceptors (Lipinski definition) is 4. The number of carbonyl (C=O) groups is 2. The second kappa shape index (κ2) is 7.65. The number of amides is 3. The first-order valence-corrected chi connectivity index (χ1v) is 10.7. The van der Waals surface area contributed by atoms with Gasteiger partial charge in [0.25, 0.3) is 0 Å². The van der Waals surface area contributed by atoms with Gasteiger partial charge in [0.1, 0.15) is 12.1 Å². The molecule has 1 aliphatic heterocycles. The predicted molar refractivity (Wildman–Crippen MR) is 118 cm³/mol. The molecule has 7 heteroatoms. The molecule has 0 atom stereocenters. The van der Waals surface area contributed by atoms with Gasteiger partial charge in [-0.25, -0.2) is 9.48 Å². The molecule has 31 heavy (non-hydrogen) atoms. The Hall–Kier alpha value is -3.48. The third-order valence-corrected chi connectivity index (χ3v) is 6.16. The van der Waals surface area contributed by atoms with E-state index in [9.17, 15) is 9.59 Å². The number of fused-ring (bicyclic) bond motifs is 1. The molecule has 1 aromatic heterocycles. The molecule has 2 aliphatic rings. The molecule has 0 radical (unpaired) electrons. The second-order valence-corrected chi connectivity index (χ2v) is 8.46. The zero-order chi connectivity index (χ0) is 21.5. The Balaban J connectivity index is 1.43. The molecule has 0 spiro atoms. The van der Waals surface area contributed by atoms with Gasteiger partial charge in [0, 0.05) is 20.1 Å². The van der Waals surface area contributed by atoms with Crippen LogP contribution in [0.2, 0.25) is 0 Å². The van der Waals surface area contributed by atoms with Crippen LogP contribution < -0.4 is 0 Å². The van der Waals surface area contributed by atoms with E-state index < -0.39 is 0 Å². The molecular formula is C24H25N5O2. The minimum Gasteiger partial charge on any atom is -0.311 e. The fourth-order valence-electron chi connectivity index (χ4n) is 4.18. The highest BCUT2D eigenvalue weighted by Crippen LogP contribution is 2.34. The molecular weight excluding hydrogens is 390 g/mol. The highest BCUT2D eigenvalue weighted by atomic mass is 16.2. The van der Waals surface area contributed by atoms with Crippen molar-refractivity contribution in [1.82, 2.24) is 24.8 Å². The van der Waals surface area contributed by atoms with E-state index in [2.05, 4.69) is 41.2 Å². The SMILES string of the molecule is C=CCc1c(-c2ccc(CN3CC(=O)N(C)C3=O)cc2)ccc2c1nnn2CC1CC1. The van der Waals surface area contributed by atoms with E-state index >= 15 is 0 Å². The lowest BCUT2D eigenvalue weighted by Gasteiger charge is -2.15. The van der Waals surface area contributed by atoms with E-state index in [0.29, 0.717) is 13.0 Å². The molecule has 1 aliphatic carbocycles. The molecule has 0 unspecified atom stereocenters. The predicted octanol–water partition coefficient (Wildman–Crippen LogP) is 3.63. The molecule has 3 aromatic rings. The quantitative estimate of drug-likeness (QED) is 0.436. The van der Waals surface area contributed by atoms with E-state index in [1.165, 1.54) is 24.8 Å². The molecule has 1 saturated heterocycles. The Kier molecular flexibility index (Phi) is 4.81. The van der Waals surface area contributed by atoms with Gasteiger partial charge in [-0.2, -0.15) is 0 Å². The smallest absolute Gasteiger partial charge is 0.311 e. The molecule has 158 valence electrons. The van der Waals surface area contributed by atoms with E-state index in [4.69, 9.17) is 0 Å². The van der Waals surface area contributed by atoms with Gasteiger partial charge < -0.3 is 4.90 Å². The van der Waals surface area contributed by atoms with E-state index in [-0.39, 0.29) is 18.5 Å². The van der Waals surface area contributed by atoms with Crippen molar-refractivity contribution in [2.75, 3.05) is 13.6 Å². The summed E-state index contributed by atoms with van der Waals surface area (Å²) >= 11 is 0. The summed E-state index contributed by atoms with van der Waals surface area (Å²) in [4.78, 5) is 26.6. The minimum absolute atomic E-state index is 0.133. The molecule has 1 saturated carbocycles. The highest BCUT2D eigenvalue weighted by molar-refractivity contribution is 6.01. The van der Waals surface area contributed by atoms with Crippen molar-refractivity contribution in [3.05, 3.63) is 60.2 Å². The van der Waals surface area contributed by atoms with Crippen LogP contribution in [-0.2, 0) is 24.3 Å². The number of aromatic nitrogens is 3. The van der Waals surface area contributed by atoms with Crippen molar-refractivity contribution >= 4 is 23.0 Å². The van der Waals surface area contributed by atoms with Crippen LogP contribution in [0.25, 0.3) is 22.2 Å². The first-order chi connectivity index (χ1) is 15.0. The first kappa shape index (κ1) is 19.5. The van der Waals surface area contributed by atoms with Crippen LogP contribution in [0.5, 0.6) is 0 Å². The van der Waals surface area contributed by atoms with Crippen molar-refractivity contribution < 1.29 is 9.59 Å². The summed E-state index contributed by atoms with van der Waals surface area (Å²) < 4.78 is 2.03. The lowest BCUT2D eigenvalue weighted by Crippen LogP contribution is -2.29. The Morgan fingerprint density at radius 2 is 1.90 bits per heavy atom. The van der Waals surface area contributed by atoms with Gasteiger partial charge in [0.15, 0.2) is 0 Å². The maximum absolute atomic E-state index is 12.1. The summed E-state index contributed by atoms with van der Waals surface area (Å²) in [7, 11) is 1.52. The lowest BCUT2D eigenvalue weighted by atomic mass is 9.95. The largest absolute Gasteiger partial charge is 0.327 e. The Bertz CT molecular complexity index is 1180. The summed E-state index contributed by atoms with van der Waals surface area (Å²) in [6, 6.07) is 12.1. The number of nitrogens with zero attached hydrogens (tertiary/aromatic N) is 5. The van der Waals surface area contributed by atoms with Crippen LogP contribution in [-0.4, -0.2) is 50.3 Å². The van der Waals surface area contributed by atoms with Gasteiger partial charge >= 0.3 is 6.03 Å². The van der Waals surface area contributed by atoms with Crippen molar-refractivity contribution in [1.29, 1.82) is 0 Å². The molecule has 2 heterocycles. The van der Waals surface area contributed by atoms with Gasteiger partial charge in [-0.15, -0.1) is 11.7 Å². The normalized spacial score (nSPS) is 16.5. The zero-order valence-electron chi connectivity index (χ0n) is 17.6. The second-order valence-electron chi connectivity index (χ2n) is 8.46. The molecule has 2 aromatic carbocycles. The summed E-state index contributed by atoms with van der Waals surface area (Å²) in [5.41, 5.74) is 6.33. The molecule has 0 bridgehead atoms. The van der Waals surface area contributed by atoms with Gasteiger partial charge in [-0.3, -0.25) is 9.69 Å². The minimum atomic E-state index is -0.248. The van der Waals surface area contributed by atoms with Crippen molar-refractivity contribution in [2.24, 2.45) is 5.92 Å². The number of urea groups is 1. The summed E-state index contributed by atoms with van der Waals surface area (Å²) in [5.74, 6) is 0.566. The topological polar surface area (TPSA) is 71.3 Å². The van der Waals surface area contributed by atoms with Crippen LogP contribution in [0.1, 0.15) is 24.0 Å². The third-order valence-electron chi connectivity index (χ3n) is 6.16. The molecule has 5 rings (SSSR count). The average Bonchev–Trinajstić information content (AvgIpc) is 3.45. The summed E-state index contributed by atoms with van der Waals surface area (Å²) in [5, 5.41) is 8.90.